The second-order valence-electron chi connectivity index (χ2n) is 1.82. The van der Waals surface area contributed by atoms with Gasteiger partial charge >= 0.3 is 0 Å². The van der Waals surface area contributed by atoms with Crippen molar-refractivity contribution in [3.8, 4) is 0 Å². The Morgan fingerprint density at radius 1 is 1.78 bits per heavy atom. The topological polar surface area (TPSA) is 26.3 Å². The fraction of sp³-hybridized carbons (Fsp3) is 0.833. The molecule has 0 heterocycles. The zero-order valence-electron chi connectivity index (χ0n) is 5.47. The largest absolute Gasteiger partial charge is 0.466 e. The molecule has 0 aliphatic heterocycles. The zero-order chi connectivity index (χ0) is 7.11. The Morgan fingerprint density at radius 2 is 2.44 bits per heavy atom. The fourth-order valence-corrected chi connectivity index (χ4v) is 0.831. The van der Waals surface area contributed by atoms with Crippen LogP contribution in [0.25, 0.3) is 0 Å². The minimum absolute atomic E-state index is 0.0137. The van der Waals surface area contributed by atoms with Gasteiger partial charge in [0, 0.05) is 0 Å². The first-order valence-corrected chi connectivity index (χ1v) is 3.44. The van der Waals surface area contributed by atoms with Crippen molar-refractivity contribution in [1.82, 2.24) is 0 Å². The van der Waals surface area contributed by atoms with Crippen molar-refractivity contribution in [3.05, 3.63) is 0 Å². The van der Waals surface area contributed by atoms with Gasteiger partial charge in [-0.25, -0.2) is 0 Å². The highest BCUT2D eigenvalue weighted by molar-refractivity contribution is 6.20. The molecule has 0 saturated carbocycles. The standard InChI is InChI=1S/C6H11ClO2/c1-2-3-6(7)4-9-5-8/h5-6H,2-4H2,1H3. The fourth-order valence-electron chi connectivity index (χ4n) is 0.540. The highest BCUT2D eigenvalue weighted by Gasteiger charge is 2.01. The van der Waals surface area contributed by atoms with Crippen molar-refractivity contribution in [1.29, 1.82) is 0 Å². The van der Waals surface area contributed by atoms with Crippen LogP contribution >= 0.6 is 11.6 Å². The molecule has 0 radical (unpaired) electrons. The Bertz CT molecular complexity index is 75.5. The summed E-state index contributed by atoms with van der Waals surface area (Å²) < 4.78 is 4.44. The summed E-state index contributed by atoms with van der Waals surface area (Å²) in [7, 11) is 0. The van der Waals surface area contributed by atoms with E-state index in [2.05, 4.69) is 4.74 Å². The Hall–Kier alpha value is -0.240. The number of hydrogen-bond acceptors (Lipinski definition) is 2. The molecular formula is C6H11ClO2. The summed E-state index contributed by atoms with van der Waals surface area (Å²) in [4.78, 5) is 9.63. The van der Waals surface area contributed by atoms with Crippen LogP contribution in [0, 0.1) is 0 Å². The van der Waals surface area contributed by atoms with Crippen LogP contribution in [0.3, 0.4) is 0 Å². The van der Waals surface area contributed by atoms with E-state index in [0.29, 0.717) is 13.1 Å². The Balaban J connectivity index is 3.04. The smallest absolute Gasteiger partial charge is 0.293 e. The molecule has 0 spiro atoms. The summed E-state index contributed by atoms with van der Waals surface area (Å²) in [6.45, 7) is 2.79. The zero-order valence-corrected chi connectivity index (χ0v) is 6.23. The number of carbonyl (C=O) groups excluding carboxylic acids is 1. The van der Waals surface area contributed by atoms with Crippen molar-refractivity contribution in [2.45, 2.75) is 25.1 Å². The lowest BCUT2D eigenvalue weighted by molar-refractivity contribution is -0.128. The van der Waals surface area contributed by atoms with Crippen LogP contribution in [0.5, 0.6) is 0 Å². The number of halogens is 1. The van der Waals surface area contributed by atoms with Gasteiger partial charge in [0.1, 0.15) is 6.61 Å². The Labute approximate surface area is 60.1 Å². The van der Waals surface area contributed by atoms with E-state index < -0.39 is 0 Å². The molecule has 0 aromatic rings. The Kier molecular flexibility index (Phi) is 5.73. The van der Waals surface area contributed by atoms with Gasteiger partial charge in [0.25, 0.3) is 6.47 Å². The van der Waals surface area contributed by atoms with E-state index in [1.165, 1.54) is 0 Å². The number of rotatable bonds is 5. The van der Waals surface area contributed by atoms with Gasteiger partial charge in [-0.1, -0.05) is 13.3 Å². The van der Waals surface area contributed by atoms with Gasteiger partial charge in [-0.05, 0) is 6.42 Å². The molecule has 3 heteroatoms. The van der Waals surface area contributed by atoms with Crippen LogP contribution in [-0.4, -0.2) is 18.5 Å². The van der Waals surface area contributed by atoms with Crippen molar-refractivity contribution in [3.63, 3.8) is 0 Å². The maximum absolute atomic E-state index is 9.63. The number of alkyl halides is 1. The van der Waals surface area contributed by atoms with E-state index >= 15 is 0 Å². The molecule has 54 valence electrons. The first-order valence-electron chi connectivity index (χ1n) is 3.00. The highest BCUT2D eigenvalue weighted by Crippen LogP contribution is 2.03. The molecule has 0 fully saturated rings. The average Bonchev–Trinajstić information content (AvgIpc) is 1.85. The van der Waals surface area contributed by atoms with E-state index in [-0.39, 0.29) is 5.38 Å². The van der Waals surface area contributed by atoms with Crippen LogP contribution in [0.1, 0.15) is 19.8 Å². The van der Waals surface area contributed by atoms with Gasteiger partial charge in [0.05, 0.1) is 5.38 Å². The maximum Gasteiger partial charge on any atom is 0.293 e. The number of hydrogen-bond donors (Lipinski definition) is 0. The summed E-state index contributed by atoms with van der Waals surface area (Å²) in [5.41, 5.74) is 0. The molecule has 2 nitrogen and oxygen atoms in total. The SMILES string of the molecule is CCCC(Cl)COC=O. The molecule has 0 aromatic carbocycles. The molecule has 9 heavy (non-hydrogen) atoms. The van der Waals surface area contributed by atoms with Crippen LogP contribution in [-0.2, 0) is 9.53 Å². The van der Waals surface area contributed by atoms with E-state index in [1.54, 1.807) is 0 Å². The molecular weight excluding hydrogens is 140 g/mol. The summed E-state index contributed by atoms with van der Waals surface area (Å²) in [6.07, 6.45) is 1.92. The second-order valence-corrected chi connectivity index (χ2v) is 2.43. The van der Waals surface area contributed by atoms with Crippen molar-refractivity contribution in [2.24, 2.45) is 0 Å². The summed E-state index contributed by atoms with van der Waals surface area (Å²) in [6, 6.07) is 0. The van der Waals surface area contributed by atoms with Gasteiger partial charge in [-0.3, -0.25) is 4.79 Å². The molecule has 0 saturated heterocycles. The van der Waals surface area contributed by atoms with Crippen LogP contribution in [0.2, 0.25) is 0 Å². The minimum atomic E-state index is -0.0137. The monoisotopic (exact) mass is 150 g/mol. The third-order valence-corrected chi connectivity index (χ3v) is 1.29. The van der Waals surface area contributed by atoms with E-state index in [1.807, 2.05) is 6.92 Å². The van der Waals surface area contributed by atoms with E-state index in [0.717, 1.165) is 12.8 Å². The third-order valence-electron chi connectivity index (χ3n) is 0.947. The van der Waals surface area contributed by atoms with Crippen molar-refractivity contribution < 1.29 is 9.53 Å². The highest BCUT2D eigenvalue weighted by atomic mass is 35.5. The van der Waals surface area contributed by atoms with Crippen LogP contribution < -0.4 is 0 Å². The van der Waals surface area contributed by atoms with Gasteiger partial charge in [-0.2, -0.15) is 0 Å². The predicted molar refractivity (Wildman–Crippen MR) is 36.6 cm³/mol. The molecule has 0 N–H and O–H groups in total. The molecule has 0 aliphatic rings. The summed E-state index contributed by atoms with van der Waals surface area (Å²) in [5, 5.41) is -0.0137. The van der Waals surface area contributed by atoms with Gasteiger partial charge in [0.2, 0.25) is 0 Å². The lowest BCUT2D eigenvalue weighted by Gasteiger charge is -2.03. The van der Waals surface area contributed by atoms with Gasteiger partial charge in [-0.15, -0.1) is 11.6 Å². The number of carbonyl (C=O) groups is 1. The lowest BCUT2D eigenvalue weighted by Crippen LogP contribution is -2.07. The quantitative estimate of drug-likeness (QED) is 0.439. The van der Waals surface area contributed by atoms with Crippen molar-refractivity contribution in [2.75, 3.05) is 6.61 Å². The number of ether oxygens (including phenoxy) is 1. The second kappa shape index (κ2) is 5.89. The first kappa shape index (κ1) is 8.76. The molecule has 1 unspecified atom stereocenters. The molecule has 0 amide bonds. The molecule has 1 atom stereocenters. The first-order chi connectivity index (χ1) is 4.31. The average molecular weight is 151 g/mol. The lowest BCUT2D eigenvalue weighted by atomic mass is 10.3. The van der Waals surface area contributed by atoms with Crippen LogP contribution in [0.4, 0.5) is 0 Å². The van der Waals surface area contributed by atoms with E-state index in [9.17, 15) is 4.79 Å². The minimum Gasteiger partial charge on any atom is -0.466 e. The summed E-state index contributed by atoms with van der Waals surface area (Å²) in [5.74, 6) is 0. The normalized spacial score (nSPS) is 12.7. The van der Waals surface area contributed by atoms with Crippen molar-refractivity contribution >= 4 is 18.1 Å². The molecule has 0 rings (SSSR count). The molecule has 0 bridgehead atoms. The Morgan fingerprint density at radius 3 is 2.89 bits per heavy atom. The predicted octanol–water partition coefficient (Wildman–Crippen LogP) is 1.57. The van der Waals surface area contributed by atoms with Gasteiger partial charge in [0.15, 0.2) is 0 Å². The van der Waals surface area contributed by atoms with Crippen LogP contribution in [0.15, 0.2) is 0 Å². The van der Waals surface area contributed by atoms with E-state index in [4.69, 9.17) is 11.6 Å². The molecule has 0 aromatic heterocycles. The molecule has 0 aliphatic carbocycles. The third kappa shape index (κ3) is 5.63. The maximum atomic E-state index is 9.63. The summed E-state index contributed by atoms with van der Waals surface area (Å²) >= 11 is 5.68. The van der Waals surface area contributed by atoms with Gasteiger partial charge < -0.3 is 4.74 Å².